The van der Waals surface area contributed by atoms with Crippen LogP contribution in [0.15, 0.2) is 25.2 Å². The van der Waals surface area contributed by atoms with Crippen LogP contribution in [0.1, 0.15) is 18.6 Å². The Labute approximate surface area is 254 Å². The Morgan fingerprint density at radius 2 is 1.93 bits per heavy atom. The van der Waals surface area contributed by atoms with Gasteiger partial charge >= 0.3 is 14.5 Å². The normalized spacial score (nSPS) is 37.8. The molecule has 44 heavy (non-hydrogen) atoms. The number of nitrogens with zero attached hydrogens (tertiary/aromatic N) is 4. The molecule has 0 spiro atoms. The van der Waals surface area contributed by atoms with Crippen molar-refractivity contribution < 1.29 is 72.6 Å². The Balaban J connectivity index is 1.50. The van der Waals surface area contributed by atoms with Crippen LogP contribution in [0.3, 0.4) is 0 Å². The van der Waals surface area contributed by atoms with Gasteiger partial charge in [0.25, 0.3) is 0 Å². The van der Waals surface area contributed by atoms with Crippen LogP contribution >= 0.6 is 14.5 Å². The number of aliphatic hydroxyl groups is 6. The molecule has 2 aliphatic heterocycles. The van der Waals surface area contributed by atoms with Gasteiger partial charge in [0.2, 0.25) is 5.95 Å². The minimum atomic E-state index is -5.48. The smallest absolute Gasteiger partial charge is 0.394 e. The summed E-state index contributed by atoms with van der Waals surface area (Å²) in [5, 5.41) is 64.6. The first-order valence-corrected chi connectivity index (χ1v) is 16.7. The van der Waals surface area contributed by atoms with Crippen LogP contribution in [0.4, 0.5) is 5.95 Å². The Morgan fingerprint density at radius 3 is 2.55 bits per heavy atom. The molecule has 2 aromatic heterocycles. The third kappa shape index (κ3) is 6.48. The highest BCUT2D eigenvalue weighted by Crippen LogP contribution is 2.62. The molecule has 4 rings (SSSR count). The predicted octanol–water partition coefficient (Wildman–Crippen LogP) is -3.00. The van der Waals surface area contributed by atoms with E-state index in [4.69, 9.17) is 45.9 Å². The summed E-state index contributed by atoms with van der Waals surface area (Å²) >= 11 is 4.85. The Bertz CT molecular complexity index is 1460. The quantitative estimate of drug-likeness (QED) is 0.0792. The van der Waals surface area contributed by atoms with E-state index in [1.807, 2.05) is 0 Å². The maximum Gasteiger partial charge on any atom is 0.481 e. The van der Waals surface area contributed by atoms with Crippen molar-refractivity contribution in [1.82, 2.24) is 19.6 Å². The maximum atomic E-state index is 12.7. The largest absolute Gasteiger partial charge is 0.481 e. The van der Waals surface area contributed by atoms with Gasteiger partial charge in [-0.05, 0) is 18.7 Å². The molecule has 0 radical (unpaired) electrons. The zero-order chi connectivity index (χ0) is 32.8. The molecule has 7 unspecified atom stereocenters. The number of ether oxygens (including phenoxy) is 3. The van der Waals surface area contributed by atoms with Crippen molar-refractivity contribution in [1.29, 1.82) is 0 Å². The summed E-state index contributed by atoms with van der Waals surface area (Å²) in [7, 11) is -4.20. The average molecular weight is 690 g/mol. The topological polar surface area (TPSA) is 303 Å². The number of aromatic nitrogens is 4. The summed E-state index contributed by atoms with van der Waals surface area (Å²) in [4.78, 5) is 28.9. The van der Waals surface area contributed by atoms with E-state index in [0.717, 1.165) is 0 Å². The molecule has 10 N–H and O–H groups in total. The highest BCUT2D eigenvalue weighted by Gasteiger charge is 2.62. The number of phosphoric acid groups is 1. The van der Waals surface area contributed by atoms with E-state index in [1.54, 1.807) is 0 Å². The number of anilines is 1. The van der Waals surface area contributed by atoms with Gasteiger partial charge in [-0.1, -0.05) is 6.08 Å². The molecule has 0 bridgehead atoms. The van der Waals surface area contributed by atoms with Gasteiger partial charge in [-0.15, -0.1) is 6.58 Å². The zero-order valence-corrected chi connectivity index (χ0v) is 25.7. The molecule has 2 fully saturated rings. The van der Waals surface area contributed by atoms with Crippen LogP contribution in [0.5, 0.6) is 0 Å². The van der Waals surface area contributed by atoms with E-state index >= 15 is 0 Å². The minimum Gasteiger partial charge on any atom is -0.394 e. The second-order valence-electron chi connectivity index (χ2n) is 10.1. The first kappa shape index (κ1) is 35.3. The number of phosphoric ester groups is 1. The van der Waals surface area contributed by atoms with Crippen LogP contribution in [-0.2, 0) is 43.9 Å². The fourth-order valence-electron chi connectivity index (χ4n) is 4.92. The molecule has 23 heteroatoms. The van der Waals surface area contributed by atoms with Crippen LogP contribution in [-0.4, -0.2) is 134 Å². The number of nitrogens with two attached hydrogens (primary N) is 1. The lowest BCUT2D eigenvalue weighted by Crippen LogP contribution is -2.61. The molecule has 4 heterocycles. The van der Waals surface area contributed by atoms with Gasteiger partial charge in [0.1, 0.15) is 60.3 Å². The Kier molecular flexibility index (Phi) is 10.3. The van der Waals surface area contributed by atoms with Gasteiger partial charge < -0.3 is 64.9 Å². The molecule has 20 nitrogen and oxygen atoms in total. The van der Waals surface area contributed by atoms with Crippen LogP contribution in [0.2, 0.25) is 0 Å². The number of rotatable bonds is 12. The summed E-state index contributed by atoms with van der Waals surface area (Å²) in [6.45, 7) is -1.32. The second-order valence-corrected chi connectivity index (χ2v) is 14.5. The first-order valence-electron chi connectivity index (χ1n) is 12.6. The van der Waals surface area contributed by atoms with Crippen molar-refractivity contribution >= 4 is 37.9 Å². The van der Waals surface area contributed by atoms with Crippen molar-refractivity contribution in [2.24, 2.45) is 0 Å². The highest BCUT2D eigenvalue weighted by molar-refractivity contribution is 8.08. The molecule has 0 amide bonds. The summed E-state index contributed by atoms with van der Waals surface area (Å²) in [6, 6.07) is 0. The van der Waals surface area contributed by atoms with Crippen molar-refractivity contribution in [2.45, 2.75) is 67.1 Å². The van der Waals surface area contributed by atoms with E-state index in [9.17, 15) is 39.9 Å². The molecule has 2 saturated heterocycles. The fourth-order valence-corrected chi connectivity index (χ4v) is 8.08. The standard InChI is InChI=1S/C21H33N5O15P2S/c1-4-21(36-3)15(9-5-25-26-16(9)23-8-24-19(26)22)39-20(2,18(21)32)7-37-43(35,44)41-42(33,34)40-17-13(31)11(29)12(30)14(38-17)10(28)6-27/h4-5,8,10-15,17-18,27-32H,1,6-7H2,2-3H3,(H,33,34)(H,35,44)(H2,22,23,24)/t10-,11?,12?,13?,14?,15-,17?,18+,20+,21-,43?/m0/s1. The van der Waals surface area contributed by atoms with Crippen molar-refractivity contribution in [3.05, 3.63) is 30.7 Å². The maximum absolute atomic E-state index is 12.7. The van der Waals surface area contributed by atoms with Gasteiger partial charge in [0, 0.05) is 12.7 Å². The molecular weight excluding hydrogens is 656 g/mol. The van der Waals surface area contributed by atoms with Gasteiger partial charge in [-0.25, -0.2) is 18.8 Å². The molecule has 0 aliphatic carbocycles. The number of fused-ring (bicyclic) bond motifs is 1. The third-order valence-electron chi connectivity index (χ3n) is 7.25. The van der Waals surface area contributed by atoms with Crippen molar-refractivity contribution in [3.63, 3.8) is 0 Å². The number of hydrogen-bond donors (Lipinski definition) is 9. The lowest BCUT2D eigenvalue weighted by Gasteiger charge is -2.41. The van der Waals surface area contributed by atoms with Crippen LogP contribution in [0.25, 0.3) is 5.65 Å². The number of aliphatic hydroxyl groups excluding tert-OH is 6. The van der Waals surface area contributed by atoms with E-state index in [0.29, 0.717) is 5.56 Å². The van der Waals surface area contributed by atoms with E-state index in [-0.39, 0.29) is 11.6 Å². The fraction of sp³-hybridized carbons (Fsp3) is 0.667. The molecule has 0 aromatic carbocycles. The summed E-state index contributed by atoms with van der Waals surface area (Å²) in [5.41, 5.74) is 2.97. The van der Waals surface area contributed by atoms with Crippen molar-refractivity contribution in [3.8, 4) is 0 Å². The van der Waals surface area contributed by atoms with E-state index in [1.165, 1.54) is 37.1 Å². The SMILES string of the molecule is C=C[C@]1(OC)[C@H](c2cnn3c(N)ncnc23)O[C@](C)(COP(O)(=S)OP(=O)(O)OC2OC([C@@H](O)CO)C(O)C(O)C2O)[C@H]1O. The Morgan fingerprint density at radius 1 is 1.25 bits per heavy atom. The second kappa shape index (κ2) is 12.9. The van der Waals surface area contributed by atoms with Gasteiger partial charge in [-0.3, -0.25) is 4.52 Å². The molecule has 0 saturated carbocycles. The molecule has 2 aromatic rings. The summed E-state index contributed by atoms with van der Waals surface area (Å²) in [5.74, 6) is 0.0122. The highest BCUT2D eigenvalue weighted by atomic mass is 32.5. The average Bonchev–Trinajstić information content (AvgIpc) is 3.49. The lowest BCUT2D eigenvalue weighted by molar-refractivity contribution is -0.292. The van der Waals surface area contributed by atoms with Gasteiger partial charge in [0.05, 0.1) is 19.4 Å². The third-order valence-corrected chi connectivity index (χ3v) is 10.7. The predicted molar refractivity (Wildman–Crippen MR) is 148 cm³/mol. The number of nitrogen functional groups attached to an aromatic ring is 1. The van der Waals surface area contributed by atoms with Crippen LogP contribution in [0, 0.1) is 0 Å². The van der Waals surface area contributed by atoms with Crippen molar-refractivity contribution in [2.75, 3.05) is 26.1 Å². The molecule has 2 aliphatic rings. The molecule has 12 atom stereocenters. The number of hydrogen-bond acceptors (Lipinski definition) is 18. The van der Waals surface area contributed by atoms with Crippen LogP contribution < -0.4 is 5.73 Å². The van der Waals surface area contributed by atoms with E-state index in [2.05, 4.69) is 26.0 Å². The lowest BCUT2D eigenvalue weighted by atomic mass is 9.83. The Hall–Kier alpha value is -1.59. The summed E-state index contributed by atoms with van der Waals surface area (Å²) in [6.07, 6.45) is -10.7. The molecule has 248 valence electrons. The molecular formula is C21H33N5O15P2S. The number of methoxy groups -OCH3 is 1. The van der Waals surface area contributed by atoms with Gasteiger partial charge in [0.15, 0.2) is 11.9 Å². The monoisotopic (exact) mass is 689 g/mol. The van der Waals surface area contributed by atoms with Gasteiger partial charge in [-0.2, -0.15) is 9.61 Å². The minimum absolute atomic E-state index is 0.0122. The zero-order valence-electron chi connectivity index (χ0n) is 23.1. The first-order chi connectivity index (χ1) is 20.5. The summed E-state index contributed by atoms with van der Waals surface area (Å²) < 4.78 is 45.4. The van der Waals surface area contributed by atoms with E-state index < -0.39 is 88.0 Å².